The smallest absolute Gasteiger partial charge is 0.411 e. The molecule has 28 heavy (non-hydrogen) atoms. The Labute approximate surface area is 159 Å². The molecule has 0 saturated carbocycles. The van der Waals surface area contributed by atoms with Crippen molar-refractivity contribution in [3.63, 3.8) is 0 Å². The molecule has 0 aliphatic carbocycles. The molecule has 1 fully saturated rings. The first-order valence-corrected chi connectivity index (χ1v) is 8.80. The predicted octanol–water partition coefficient (Wildman–Crippen LogP) is 1.90. The fraction of sp³-hybridized carbons (Fsp3) is 0.688. The van der Waals surface area contributed by atoms with Crippen molar-refractivity contribution < 1.29 is 27.4 Å². The Hall–Kier alpha value is -2.66. The fourth-order valence-electron chi connectivity index (χ4n) is 2.99. The largest absolute Gasteiger partial charge is 0.484 e. The third-order valence-corrected chi connectivity index (χ3v) is 4.17. The van der Waals surface area contributed by atoms with E-state index in [-0.39, 0.29) is 23.6 Å². The topological polar surface area (TPSA) is 115 Å². The second kappa shape index (κ2) is 7.06. The number of hydrogen-bond donors (Lipinski definition) is 3. The van der Waals surface area contributed by atoms with Crippen LogP contribution in [0.3, 0.4) is 0 Å². The zero-order valence-electron chi connectivity index (χ0n) is 15.8. The van der Waals surface area contributed by atoms with Crippen LogP contribution in [0.5, 0.6) is 5.75 Å². The quantitative estimate of drug-likeness (QED) is 0.685. The molecule has 1 saturated heterocycles. The summed E-state index contributed by atoms with van der Waals surface area (Å²) in [5.74, 6) is 0.146. The third-order valence-electron chi connectivity index (χ3n) is 4.17. The molecular weight excluding hydrogens is 381 g/mol. The Bertz CT molecular complexity index is 752. The highest BCUT2D eigenvalue weighted by molar-refractivity contribution is 5.70. The number of nitrogens with one attached hydrogen (secondary N) is 2. The van der Waals surface area contributed by atoms with Gasteiger partial charge in [-0.25, -0.2) is 4.79 Å². The van der Waals surface area contributed by atoms with Crippen LogP contribution in [0.25, 0.3) is 0 Å². The molecule has 2 aliphatic heterocycles. The van der Waals surface area contributed by atoms with Gasteiger partial charge in [-0.15, -0.1) is 0 Å². The number of alkyl carbamates (subject to hydrolysis) is 1. The second-order valence-electron chi connectivity index (χ2n) is 7.71. The van der Waals surface area contributed by atoms with Gasteiger partial charge in [0.1, 0.15) is 12.2 Å². The molecule has 156 valence electrons. The number of amides is 1. The number of carbonyl (C=O) groups is 1. The molecule has 1 aromatic heterocycles. The normalized spacial score (nSPS) is 22.1. The highest BCUT2D eigenvalue weighted by Crippen LogP contribution is 2.40. The van der Waals surface area contributed by atoms with Crippen molar-refractivity contribution in [1.29, 1.82) is 0 Å². The molecule has 0 bridgehead atoms. The zero-order chi connectivity index (χ0) is 20.7. The lowest BCUT2D eigenvalue weighted by molar-refractivity contribution is -0.149. The SMILES string of the molecule is CC(C)(C)OC(=O)N[C@@H]1CCN(c2nc(N)nc3c2OCC(C(F)(F)F)N3)C1. The number of nitrogens with zero attached hydrogens (tertiary/aromatic N) is 3. The van der Waals surface area contributed by atoms with Crippen molar-refractivity contribution >= 4 is 23.7 Å². The van der Waals surface area contributed by atoms with Crippen molar-refractivity contribution in [2.75, 3.05) is 35.6 Å². The number of ether oxygens (including phenoxy) is 2. The summed E-state index contributed by atoms with van der Waals surface area (Å²) >= 11 is 0. The number of nitrogen functional groups attached to an aromatic ring is 1. The van der Waals surface area contributed by atoms with E-state index in [4.69, 9.17) is 15.2 Å². The Kier molecular flexibility index (Phi) is 5.06. The number of rotatable bonds is 2. The average molecular weight is 404 g/mol. The van der Waals surface area contributed by atoms with Crippen LogP contribution >= 0.6 is 0 Å². The van der Waals surface area contributed by atoms with E-state index >= 15 is 0 Å². The molecule has 0 spiro atoms. The first-order valence-electron chi connectivity index (χ1n) is 8.80. The van der Waals surface area contributed by atoms with Crippen LogP contribution in [0.4, 0.5) is 35.5 Å². The molecule has 9 nitrogen and oxygen atoms in total. The number of aromatic nitrogens is 2. The first kappa shape index (κ1) is 20.1. The van der Waals surface area contributed by atoms with Gasteiger partial charge in [0.25, 0.3) is 0 Å². The zero-order valence-corrected chi connectivity index (χ0v) is 15.8. The summed E-state index contributed by atoms with van der Waals surface area (Å²) in [6.45, 7) is 5.60. The maximum absolute atomic E-state index is 12.9. The lowest BCUT2D eigenvalue weighted by Crippen LogP contribution is -2.44. The summed E-state index contributed by atoms with van der Waals surface area (Å²) in [5, 5.41) is 5.09. The molecule has 2 atom stereocenters. The van der Waals surface area contributed by atoms with Gasteiger partial charge < -0.3 is 30.7 Å². The van der Waals surface area contributed by atoms with Crippen LogP contribution in [0.2, 0.25) is 0 Å². The maximum Gasteiger partial charge on any atom is 0.411 e. The standard InChI is InChI=1S/C16H23F3N6O3/c1-15(2,3)28-14(26)21-8-4-5-25(6-8)12-10-11(23-13(20)24-12)22-9(7-27-10)16(17,18)19/h8-9H,4-7H2,1-3H3,(H,21,26)(H3,20,22,23,24)/t8-,9?/m1/s1. The summed E-state index contributed by atoms with van der Waals surface area (Å²) in [6, 6.07) is -2.08. The van der Waals surface area contributed by atoms with Gasteiger partial charge in [-0.3, -0.25) is 0 Å². The van der Waals surface area contributed by atoms with Gasteiger partial charge in [-0.05, 0) is 27.2 Å². The van der Waals surface area contributed by atoms with E-state index in [1.165, 1.54) is 0 Å². The van der Waals surface area contributed by atoms with Crippen molar-refractivity contribution in [3.05, 3.63) is 0 Å². The summed E-state index contributed by atoms with van der Waals surface area (Å²) in [4.78, 5) is 21.7. The molecule has 1 unspecified atom stereocenters. The van der Waals surface area contributed by atoms with E-state index in [0.29, 0.717) is 25.3 Å². The molecular formula is C16H23F3N6O3. The van der Waals surface area contributed by atoms with Crippen molar-refractivity contribution in [1.82, 2.24) is 15.3 Å². The Morgan fingerprint density at radius 3 is 2.71 bits per heavy atom. The monoisotopic (exact) mass is 404 g/mol. The molecule has 1 amide bonds. The molecule has 0 radical (unpaired) electrons. The molecule has 3 rings (SSSR count). The van der Waals surface area contributed by atoms with E-state index in [1.54, 1.807) is 25.7 Å². The van der Waals surface area contributed by atoms with Gasteiger partial charge in [0, 0.05) is 13.1 Å². The van der Waals surface area contributed by atoms with Gasteiger partial charge in [-0.1, -0.05) is 0 Å². The second-order valence-corrected chi connectivity index (χ2v) is 7.71. The van der Waals surface area contributed by atoms with Gasteiger partial charge in [0.2, 0.25) is 11.7 Å². The lowest BCUT2D eigenvalue weighted by atomic mass is 10.2. The highest BCUT2D eigenvalue weighted by atomic mass is 19.4. The van der Waals surface area contributed by atoms with Gasteiger partial charge in [0.05, 0.1) is 6.04 Å². The third kappa shape index (κ3) is 4.60. The average Bonchev–Trinajstić information content (AvgIpc) is 2.98. The van der Waals surface area contributed by atoms with Crippen molar-refractivity contribution in [2.24, 2.45) is 0 Å². The molecule has 4 N–H and O–H groups in total. The van der Waals surface area contributed by atoms with Crippen molar-refractivity contribution in [3.8, 4) is 5.75 Å². The lowest BCUT2D eigenvalue weighted by Gasteiger charge is -2.30. The Morgan fingerprint density at radius 2 is 2.07 bits per heavy atom. The van der Waals surface area contributed by atoms with Gasteiger partial charge >= 0.3 is 12.3 Å². The van der Waals surface area contributed by atoms with E-state index < -0.39 is 30.5 Å². The van der Waals surface area contributed by atoms with Crippen LogP contribution < -0.4 is 26.0 Å². The number of fused-ring (bicyclic) bond motifs is 1. The maximum atomic E-state index is 12.9. The molecule has 0 aromatic carbocycles. The molecule has 2 aliphatic rings. The van der Waals surface area contributed by atoms with E-state index in [0.717, 1.165) is 0 Å². The van der Waals surface area contributed by atoms with E-state index in [1.807, 2.05) is 0 Å². The predicted molar refractivity (Wildman–Crippen MR) is 95.4 cm³/mol. The minimum Gasteiger partial charge on any atom is -0.484 e. The van der Waals surface area contributed by atoms with Crippen LogP contribution in [-0.4, -0.2) is 59.6 Å². The summed E-state index contributed by atoms with van der Waals surface area (Å²) < 4.78 is 49.4. The highest BCUT2D eigenvalue weighted by Gasteiger charge is 2.44. The van der Waals surface area contributed by atoms with Crippen LogP contribution in [0.1, 0.15) is 27.2 Å². The Balaban J connectivity index is 1.72. The minimum atomic E-state index is -4.48. The number of halogens is 3. The minimum absolute atomic E-state index is 0.0976. The number of nitrogens with two attached hydrogens (primary N) is 1. The molecule has 3 heterocycles. The molecule has 1 aromatic rings. The Morgan fingerprint density at radius 1 is 1.36 bits per heavy atom. The van der Waals surface area contributed by atoms with Crippen LogP contribution in [-0.2, 0) is 4.74 Å². The number of alkyl halides is 3. The fourth-order valence-corrected chi connectivity index (χ4v) is 2.99. The van der Waals surface area contributed by atoms with Gasteiger partial charge in [-0.2, -0.15) is 23.1 Å². The van der Waals surface area contributed by atoms with E-state index in [2.05, 4.69) is 20.6 Å². The van der Waals surface area contributed by atoms with Gasteiger partial charge in [0.15, 0.2) is 17.7 Å². The summed E-state index contributed by atoms with van der Waals surface area (Å²) in [5.41, 5.74) is 5.06. The van der Waals surface area contributed by atoms with Crippen LogP contribution in [0.15, 0.2) is 0 Å². The van der Waals surface area contributed by atoms with Crippen molar-refractivity contribution in [2.45, 2.75) is 51.1 Å². The summed E-state index contributed by atoms with van der Waals surface area (Å²) in [6.07, 6.45) is -4.40. The number of hydrogen-bond acceptors (Lipinski definition) is 8. The van der Waals surface area contributed by atoms with Crippen LogP contribution in [0, 0.1) is 0 Å². The summed E-state index contributed by atoms with van der Waals surface area (Å²) in [7, 11) is 0. The molecule has 12 heteroatoms. The number of carbonyl (C=O) groups excluding carboxylic acids is 1. The van der Waals surface area contributed by atoms with E-state index in [9.17, 15) is 18.0 Å². The number of anilines is 3. The first-order chi connectivity index (χ1) is 12.9.